The van der Waals surface area contributed by atoms with Crippen LogP contribution in [0.25, 0.3) is 0 Å². The lowest BCUT2D eigenvalue weighted by molar-refractivity contribution is -0.135. The van der Waals surface area contributed by atoms with Crippen molar-refractivity contribution in [2.24, 2.45) is 5.92 Å². The number of aryl methyl sites for hydroxylation is 1. The summed E-state index contributed by atoms with van der Waals surface area (Å²) in [5.74, 6) is 1.02. The first-order chi connectivity index (χ1) is 9.65. The van der Waals surface area contributed by atoms with Crippen molar-refractivity contribution in [3.8, 4) is 5.75 Å². The van der Waals surface area contributed by atoms with Gasteiger partial charge >= 0.3 is 0 Å². The van der Waals surface area contributed by atoms with E-state index in [4.69, 9.17) is 4.74 Å². The molecular weight excluding hydrogens is 254 g/mol. The van der Waals surface area contributed by atoms with Crippen molar-refractivity contribution >= 4 is 5.91 Å². The van der Waals surface area contributed by atoms with Crippen LogP contribution in [0.3, 0.4) is 0 Å². The van der Waals surface area contributed by atoms with Crippen LogP contribution < -0.4 is 4.74 Å². The molecule has 0 saturated carbocycles. The summed E-state index contributed by atoms with van der Waals surface area (Å²) < 4.78 is 5.53. The standard InChI is InChI=1S/C16H23NO3/c1-3-13-4-6-14(7-5-13)20-11-16(19)17-9-8-12(2)15(17)10-18/h4-7,12,15,18H,3,8-11H2,1-2H3. The van der Waals surface area contributed by atoms with E-state index in [0.29, 0.717) is 18.2 Å². The number of ether oxygens (including phenoxy) is 1. The van der Waals surface area contributed by atoms with E-state index < -0.39 is 0 Å². The van der Waals surface area contributed by atoms with Crippen molar-refractivity contribution in [3.05, 3.63) is 29.8 Å². The number of aliphatic hydroxyl groups is 1. The Kier molecular flexibility index (Phi) is 5.01. The molecule has 2 atom stereocenters. The normalized spacial score (nSPS) is 22.1. The van der Waals surface area contributed by atoms with Crippen LogP contribution in [-0.2, 0) is 11.2 Å². The molecule has 4 nitrogen and oxygen atoms in total. The molecule has 2 rings (SSSR count). The molecule has 0 bridgehead atoms. The first-order valence-corrected chi connectivity index (χ1v) is 7.27. The quantitative estimate of drug-likeness (QED) is 0.893. The third-order valence-corrected chi connectivity index (χ3v) is 4.08. The predicted molar refractivity (Wildman–Crippen MR) is 77.7 cm³/mol. The summed E-state index contributed by atoms with van der Waals surface area (Å²) in [4.78, 5) is 13.9. The molecular formula is C16H23NO3. The van der Waals surface area contributed by atoms with Crippen LogP contribution in [0.15, 0.2) is 24.3 Å². The Morgan fingerprint density at radius 3 is 2.70 bits per heavy atom. The number of carbonyl (C=O) groups excluding carboxylic acids is 1. The van der Waals surface area contributed by atoms with Crippen molar-refractivity contribution in [2.45, 2.75) is 32.7 Å². The van der Waals surface area contributed by atoms with Gasteiger partial charge < -0.3 is 14.7 Å². The first kappa shape index (κ1) is 14.9. The highest BCUT2D eigenvalue weighted by Gasteiger charge is 2.33. The highest BCUT2D eigenvalue weighted by atomic mass is 16.5. The highest BCUT2D eigenvalue weighted by molar-refractivity contribution is 5.78. The Hall–Kier alpha value is -1.55. The maximum atomic E-state index is 12.1. The van der Waals surface area contributed by atoms with E-state index in [1.807, 2.05) is 24.3 Å². The van der Waals surface area contributed by atoms with Crippen LogP contribution in [0.2, 0.25) is 0 Å². The number of likely N-dealkylation sites (tertiary alicyclic amines) is 1. The minimum absolute atomic E-state index is 0.0259. The number of hydrogen-bond donors (Lipinski definition) is 1. The second-order valence-corrected chi connectivity index (χ2v) is 5.39. The number of benzene rings is 1. The van der Waals surface area contributed by atoms with Crippen molar-refractivity contribution in [1.82, 2.24) is 4.90 Å². The Bertz CT molecular complexity index is 444. The summed E-state index contributed by atoms with van der Waals surface area (Å²) in [5, 5.41) is 9.36. The molecule has 110 valence electrons. The van der Waals surface area contributed by atoms with Gasteiger partial charge in [0.15, 0.2) is 6.61 Å². The van der Waals surface area contributed by atoms with Crippen LogP contribution in [-0.4, -0.2) is 41.7 Å². The molecule has 2 unspecified atom stereocenters. The van der Waals surface area contributed by atoms with Gasteiger partial charge in [-0.15, -0.1) is 0 Å². The van der Waals surface area contributed by atoms with Gasteiger partial charge in [0.05, 0.1) is 12.6 Å². The van der Waals surface area contributed by atoms with Crippen molar-refractivity contribution < 1.29 is 14.6 Å². The fraction of sp³-hybridized carbons (Fsp3) is 0.562. The van der Waals surface area contributed by atoms with Gasteiger partial charge in [-0.3, -0.25) is 4.79 Å². The summed E-state index contributed by atoms with van der Waals surface area (Å²) in [6, 6.07) is 7.74. The van der Waals surface area contributed by atoms with E-state index in [0.717, 1.165) is 12.8 Å². The zero-order valence-electron chi connectivity index (χ0n) is 12.2. The van der Waals surface area contributed by atoms with Crippen LogP contribution in [0.1, 0.15) is 25.8 Å². The van der Waals surface area contributed by atoms with Gasteiger partial charge in [-0.25, -0.2) is 0 Å². The zero-order chi connectivity index (χ0) is 14.5. The first-order valence-electron chi connectivity index (χ1n) is 7.27. The number of carbonyl (C=O) groups is 1. The van der Waals surface area contributed by atoms with Gasteiger partial charge in [-0.1, -0.05) is 26.0 Å². The third-order valence-electron chi connectivity index (χ3n) is 4.08. The fourth-order valence-electron chi connectivity index (χ4n) is 2.65. The lowest BCUT2D eigenvalue weighted by atomic mass is 10.0. The number of aliphatic hydroxyl groups excluding tert-OH is 1. The Balaban J connectivity index is 1.88. The zero-order valence-corrected chi connectivity index (χ0v) is 12.2. The largest absolute Gasteiger partial charge is 0.484 e. The summed E-state index contributed by atoms with van der Waals surface area (Å²) in [6.45, 7) is 4.94. The summed E-state index contributed by atoms with van der Waals surface area (Å²) in [6.07, 6.45) is 1.94. The minimum atomic E-state index is -0.0615. The molecule has 0 radical (unpaired) electrons. The maximum Gasteiger partial charge on any atom is 0.260 e. The minimum Gasteiger partial charge on any atom is -0.484 e. The molecule has 0 spiro atoms. The molecule has 1 aromatic carbocycles. The van der Waals surface area contributed by atoms with Gasteiger partial charge in [-0.2, -0.15) is 0 Å². The van der Waals surface area contributed by atoms with Crippen LogP contribution in [0.5, 0.6) is 5.75 Å². The molecule has 0 aromatic heterocycles. The Labute approximate surface area is 120 Å². The molecule has 1 aromatic rings. The summed E-state index contributed by atoms with van der Waals surface area (Å²) in [5.41, 5.74) is 1.25. The molecule has 20 heavy (non-hydrogen) atoms. The number of hydrogen-bond acceptors (Lipinski definition) is 3. The second kappa shape index (κ2) is 6.75. The smallest absolute Gasteiger partial charge is 0.260 e. The maximum absolute atomic E-state index is 12.1. The van der Waals surface area contributed by atoms with Crippen LogP contribution >= 0.6 is 0 Å². The van der Waals surface area contributed by atoms with Crippen molar-refractivity contribution in [1.29, 1.82) is 0 Å². The van der Waals surface area contributed by atoms with E-state index in [-0.39, 0.29) is 25.2 Å². The Morgan fingerprint density at radius 1 is 1.40 bits per heavy atom. The second-order valence-electron chi connectivity index (χ2n) is 5.39. The lowest BCUT2D eigenvalue weighted by Crippen LogP contribution is -2.42. The Morgan fingerprint density at radius 2 is 2.10 bits per heavy atom. The van der Waals surface area contributed by atoms with E-state index >= 15 is 0 Å². The van der Waals surface area contributed by atoms with E-state index in [1.54, 1.807) is 4.90 Å². The van der Waals surface area contributed by atoms with E-state index in [9.17, 15) is 9.90 Å². The van der Waals surface area contributed by atoms with E-state index in [2.05, 4.69) is 13.8 Å². The predicted octanol–water partition coefficient (Wildman–Crippen LogP) is 1.86. The van der Waals surface area contributed by atoms with Gasteiger partial charge in [0.25, 0.3) is 5.91 Å². The van der Waals surface area contributed by atoms with Gasteiger partial charge in [0, 0.05) is 6.54 Å². The van der Waals surface area contributed by atoms with Gasteiger partial charge in [-0.05, 0) is 36.5 Å². The third kappa shape index (κ3) is 3.31. The molecule has 1 aliphatic rings. The molecule has 0 aliphatic carbocycles. The van der Waals surface area contributed by atoms with Crippen molar-refractivity contribution in [3.63, 3.8) is 0 Å². The number of rotatable bonds is 5. The van der Waals surface area contributed by atoms with Crippen molar-refractivity contribution in [2.75, 3.05) is 19.8 Å². The molecule has 1 N–H and O–H groups in total. The molecule has 1 amide bonds. The number of amides is 1. The van der Waals surface area contributed by atoms with Crippen LogP contribution in [0, 0.1) is 5.92 Å². The average Bonchev–Trinajstić information content (AvgIpc) is 2.86. The molecule has 4 heteroatoms. The fourth-order valence-corrected chi connectivity index (χ4v) is 2.65. The average molecular weight is 277 g/mol. The summed E-state index contributed by atoms with van der Waals surface area (Å²) >= 11 is 0. The highest BCUT2D eigenvalue weighted by Crippen LogP contribution is 2.23. The molecule has 1 fully saturated rings. The van der Waals surface area contributed by atoms with Gasteiger partial charge in [0.2, 0.25) is 0 Å². The molecule has 1 saturated heterocycles. The van der Waals surface area contributed by atoms with E-state index in [1.165, 1.54) is 5.56 Å². The van der Waals surface area contributed by atoms with Gasteiger partial charge in [0.1, 0.15) is 5.75 Å². The topological polar surface area (TPSA) is 49.8 Å². The molecule has 1 heterocycles. The van der Waals surface area contributed by atoms with Crippen LogP contribution in [0.4, 0.5) is 0 Å². The lowest BCUT2D eigenvalue weighted by Gasteiger charge is -2.25. The number of nitrogens with zero attached hydrogens (tertiary/aromatic N) is 1. The SMILES string of the molecule is CCc1ccc(OCC(=O)N2CCC(C)C2CO)cc1. The monoisotopic (exact) mass is 277 g/mol. The molecule has 1 aliphatic heterocycles. The summed E-state index contributed by atoms with van der Waals surface area (Å²) in [7, 11) is 0.